The fraction of sp³-hybridized carbons (Fsp3) is 0.200. The molecule has 0 aromatic heterocycles. The molecule has 2 aromatic carbocycles. The summed E-state index contributed by atoms with van der Waals surface area (Å²) < 4.78 is 12.8. The van der Waals surface area contributed by atoms with Crippen LogP contribution in [-0.2, 0) is 6.42 Å². The average molecular weight is 264 g/mol. The van der Waals surface area contributed by atoms with Crippen LogP contribution in [0.3, 0.4) is 0 Å². The van der Waals surface area contributed by atoms with Crippen molar-refractivity contribution >= 4 is 11.6 Å². The summed E-state index contributed by atoms with van der Waals surface area (Å²) in [7, 11) is 0. The molecule has 0 heterocycles. The number of rotatable bonds is 3. The van der Waals surface area contributed by atoms with E-state index in [1.54, 1.807) is 12.1 Å². The molecule has 94 valence electrons. The van der Waals surface area contributed by atoms with Crippen molar-refractivity contribution in [1.82, 2.24) is 0 Å². The van der Waals surface area contributed by atoms with Crippen molar-refractivity contribution in [2.45, 2.75) is 19.4 Å². The Hall–Kier alpha value is -1.38. The van der Waals surface area contributed by atoms with E-state index in [-0.39, 0.29) is 11.9 Å². The smallest absolute Gasteiger partial charge is 0.123 e. The zero-order valence-electron chi connectivity index (χ0n) is 10.2. The Balaban J connectivity index is 2.13. The van der Waals surface area contributed by atoms with Crippen molar-refractivity contribution in [2.24, 2.45) is 5.73 Å². The fourth-order valence-corrected chi connectivity index (χ4v) is 2.01. The molecule has 0 aliphatic heterocycles. The topological polar surface area (TPSA) is 26.0 Å². The van der Waals surface area contributed by atoms with E-state index < -0.39 is 0 Å². The first-order valence-corrected chi connectivity index (χ1v) is 6.20. The molecule has 2 N–H and O–H groups in total. The summed E-state index contributed by atoms with van der Waals surface area (Å²) in [5.74, 6) is -0.227. The minimum absolute atomic E-state index is 0.105. The molecule has 2 aromatic rings. The van der Waals surface area contributed by atoms with Gasteiger partial charge in [-0.05, 0) is 48.2 Å². The van der Waals surface area contributed by atoms with Crippen molar-refractivity contribution in [3.63, 3.8) is 0 Å². The molecule has 0 amide bonds. The Morgan fingerprint density at radius 1 is 1.17 bits per heavy atom. The van der Waals surface area contributed by atoms with Gasteiger partial charge < -0.3 is 5.73 Å². The largest absolute Gasteiger partial charge is 0.324 e. The standard InChI is InChI=1S/C15H15ClFN/c1-10-8-12(4-7-14(10)16)15(18)9-11-2-5-13(17)6-3-11/h2-8,15H,9,18H2,1H3. The molecular weight excluding hydrogens is 249 g/mol. The van der Waals surface area contributed by atoms with Crippen LogP contribution in [0.1, 0.15) is 22.7 Å². The van der Waals surface area contributed by atoms with E-state index in [1.807, 2.05) is 25.1 Å². The van der Waals surface area contributed by atoms with Crippen molar-refractivity contribution in [3.8, 4) is 0 Å². The van der Waals surface area contributed by atoms with E-state index in [4.69, 9.17) is 17.3 Å². The zero-order chi connectivity index (χ0) is 13.1. The second-order valence-electron chi connectivity index (χ2n) is 4.45. The maximum Gasteiger partial charge on any atom is 0.123 e. The van der Waals surface area contributed by atoms with Gasteiger partial charge in [0.2, 0.25) is 0 Å². The second kappa shape index (κ2) is 5.51. The van der Waals surface area contributed by atoms with Gasteiger partial charge in [0.25, 0.3) is 0 Å². The Morgan fingerprint density at radius 3 is 2.44 bits per heavy atom. The number of nitrogens with two attached hydrogens (primary N) is 1. The molecule has 0 aliphatic rings. The first-order chi connectivity index (χ1) is 8.56. The monoisotopic (exact) mass is 263 g/mol. The van der Waals surface area contributed by atoms with Crippen LogP contribution in [0.15, 0.2) is 42.5 Å². The third kappa shape index (κ3) is 3.09. The molecule has 2 rings (SSSR count). The quantitative estimate of drug-likeness (QED) is 0.889. The van der Waals surface area contributed by atoms with E-state index in [9.17, 15) is 4.39 Å². The van der Waals surface area contributed by atoms with Gasteiger partial charge in [-0.15, -0.1) is 0 Å². The van der Waals surface area contributed by atoms with Crippen molar-refractivity contribution in [1.29, 1.82) is 0 Å². The summed E-state index contributed by atoms with van der Waals surface area (Å²) in [6, 6.07) is 12.1. The predicted octanol–water partition coefficient (Wildman–Crippen LogP) is 4.03. The Kier molecular flexibility index (Phi) is 4.00. The summed E-state index contributed by atoms with van der Waals surface area (Å²) >= 11 is 5.98. The van der Waals surface area contributed by atoms with Crippen LogP contribution in [0, 0.1) is 12.7 Å². The van der Waals surface area contributed by atoms with Gasteiger partial charge in [-0.25, -0.2) is 4.39 Å². The van der Waals surface area contributed by atoms with E-state index >= 15 is 0 Å². The normalized spacial score (nSPS) is 12.4. The number of aryl methyl sites for hydroxylation is 1. The highest BCUT2D eigenvalue weighted by molar-refractivity contribution is 6.31. The van der Waals surface area contributed by atoms with Crippen LogP contribution >= 0.6 is 11.6 Å². The number of hydrogen-bond donors (Lipinski definition) is 1. The molecule has 0 saturated carbocycles. The van der Waals surface area contributed by atoms with Gasteiger partial charge in [-0.1, -0.05) is 35.9 Å². The third-order valence-corrected chi connectivity index (χ3v) is 3.40. The number of hydrogen-bond acceptors (Lipinski definition) is 1. The summed E-state index contributed by atoms with van der Waals surface area (Å²) in [6.07, 6.45) is 0.682. The molecule has 0 fully saturated rings. The molecule has 0 saturated heterocycles. The van der Waals surface area contributed by atoms with Crippen molar-refractivity contribution in [2.75, 3.05) is 0 Å². The molecule has 18 heavy (non-hydrogen) atoms. The molecule has 0 bridgehead atoms. The highest BCUT2D eigenvalue weighted by Gasteiger charge is 2.08. The average Bonchev–Trinajstić information content (AvgIpc) is 2.35. The van der Waals surface area contributed by atoms with Crippen molar-refractivity contribution in [3.05, 3.63) is 70.0 Å². The van der Waals surface area contributed by atoms with Gasteiger partial charge in [-0.2, -0.15) is 0 Å². The minimum atomic E-state index is -0.227. The van der Waals surface area contributed by atoms with Gasteiger partial charge >= 0.3 is 0 Å². The van der Waals surface area contributed by atoms with Crippen LogP contribution in [0.4, 0.5) is 4.39 Å². The summed E-state index contributed by atoms with van der Waals surface area (Å²) in [5.41, 5.74) is 9.23. The lowest BCUT2D eigenvalue weighted by Crippen LogP contribution is -2.13. The van der Waals surface area contributed by atoms with Crippen molar-refractivity contribution < 1.29 is 4.39 Å². The van der Waals surface area contributed by atoms with Crippen LogP contribution in [0.5, 0.6) is 0 Å². The summed E-state index contributed by atoms with van der Waals surface area (Å²) in [6.45, 7) is 1.95. The maximum absolute atomic E-state index is 12.8. The second-order valence-corrected chi connectivity index (χ2v) is 4.85. The van der Waals surface area contributed by atoms with Gasteiger partial charge in [0.05, 0.1) is 0 Å². The lowest BCUT2D eigenvalue weighted by molar-refractivity contribution is 0.625. The Morgan fingerprint density at radius 2 is 1.83 bits per heavy atom. The minimum Gasteiger partial charge on any atom is -0.324 e. The zero-order valence-corrected chi connectivity index (χ0v) is 10.9. The fourth-order valence-electron chi connectivity index (χ4n) is 1.89. The summed E-state index contributed by atoms with van der Waals surface area (Å²) in [4.78, 5) is 0. The van der Waals surface area contributed by atoms with Crippen LogP contribution in [0.25, 0.3) is 0 Å². The first-order valence-electron chi connectivity index (χ1n) is 5.82. The van der Waals surface area contributed by atoms with E-state index in [2.05, 4.69) is 0 Å². The molecular formula is C15H15ClFN. The number of halogens is 2. The Bertz CT molecular complexity index is 537. The molecule has 3 heteroatoms. The molecule has 0 aliphatic carbocycles. The SMILES string of the molecule is Cc1cc(C(N)Cc2ccc(F)cc2)ccc1Cl. The van der Waals surface area contributed by atoms with E-state index in [0.717, 1.165) is 21.7 Å². The highest BCUT2D eigenvalue weighted by Crippen LogP contribution is 2.22. The molecule has 1 nitrogen and oxygen atoms in total. The molecule has 0 spiro atoms. The van der Waals surface area contributed by atoms with E-state index in [0.29, 0.717) is 6.42 Å². The van der Waals surface area contributed by atoms with Crippen LogP contribution < -0.4 is 5.73 Å². The first kappa shape index (κ1) is 13.1. The van der Waals surface area contributed by atoms with Gasteiger partial charge in [0.1, 0.15) is 5.82 Å². The van der Waals surface area contributed by atoms with Crippen LogP contribution in [-0.4, -0.2) is 0 Å². The highest BCUT2D eigenvalue weighted by atomic mass is 35.5. The molecule has 1 unspecified atom stereocenters. The van der Waals surface area contributed by atoms with Gasteiger partial charge in [0.15, 0.2) is 0 Å². The lowest BCUT2D eigenvalue weighted by atomic mass is 9.98. The predicted molar refractivity (Wildman–Crippen MR) is 73.2 cm³/mol. The Labute approximate surface area is 111 Å². The van der Waals surface area contributed by atoms with E-state index in [1.165, 1.54) is 12.1 Å². The molecule has 0 radical (unpaired) electrons. The third-order valence-electron chi connectivity index (χ3n) is 2.98. The lowest BCUT2D eigenvalue weighted by Gasteiger charge is -2.13. The van der Waals surface area contributed by atoms with Crippen LogP contribution in [0.2, 0.25) is 5.02 Å². The van der Waals surface area contributed by atoms with Gasteiger partial charge in [-0.3, -0.25) is 0 Å². The maximum atomic E-state index is 12.8. The molecule has 1 atom stereocenters. The number of benzene rings is 2. The summed E-state index contributed by atoms with van der Waals surface area (Å²) in [5, 5.41) is 0.743. The van der Waals surface area contributed by atoms with Gasteiger partial charge in [0, 0.05) is 11.1 Å².